The zero-order valence-electron chi connectivity index (χ0n) is 17.7. The molecular formula is C21H23ClN6O4S. The van der Waals surface area contributed by atoms with Crippen LogP contribution in [0.2, 0.25) is 5.02 Å². The molecule has 4 heterocycles. The van der Waals surface area contributed by atoms with Crippen molar-refractivity contribution in [2.24, 2.45) is 5.92 Å². The van der Waals surface area contributed by atoms with Gasteiger partial charge in [-0.3, -0.25) is 4.79 Å². The Kier molecular flexibility index (Phi) is 6.17. The summed E-state index contributed by atoms with van der Waals surface area (Å²) in [6.07, 6.45) is 4.13. The maximum atomic E-state index is 11.7. The van der Waals surface area contributed by atoms with E-state index in [0.717, 1.165) is 24.2 Å². The zero-order valence-corrected chi connectivity index (χ0v) is 19.3. The van der Waals surface area contributed by atoms with E-state index in [0.29, 0.717) is 64.2 Å². The summed E-state index contributed by atoms with van der Waals surface area (Å²) in [6.45, 7) is 1.76. The molecule has 2 aromatic heterocycles. The number of imidazole rings is 1. The number of aromatic nitrogens is 4. The highest BCUT2D eigenvalue weighted by Gasteiger charge is 2.24. The molecule has 3 N–H and O–H groups in total. The number of carbonyl (C=O) groups is 1. The van der Waals surface area contributed by atoms with E-state index in [2.05, 4.69) is 9.97 Å². The minimum atomic E-state index is -0.435. The number of aliphatic hydroxyl groups excluding tert-OH is 1. The summed E-state index contributed by atoms with van der Waals surface area (Å²) in [7, 11) is 0. The summed E-state index contributed by atoms with van der Waals surface area (Å²) in [6, 6.07) is 3.59. The summed E-state index contributed by atoms with van der Waals surface area (Å²) < 4.78 is 12.9. The highest BCUT2D eigenvalue weighted by Crippen LogP contribution is 2.43. The largest absolute Gasteiger partial charge is 0.454 e. The quantitative estimate of drug-likeness (QED) is 0.535. The average Bonchev–Trinajstić information content (AvgIpc) is 3.42. The van der Waals surface area contributed by atoms with Gasteiger partial charge in [0.15, 0.2) is 33.6 Å². The van der Waals surface area contributed by atoms with Gasteiger partial charge in [-0.2, -0.15) is 0 Å². The number of fused-ring (bicyclic) bond motifs is 2. The van der Waals surface area contributed by atoms with Crippen LogP contribution in [-0.2, 0) is 11.3 Å². The number of ether oxygens (including phenoxy) is 2. The first kappa shape index (κ1) is 22.1. The number of aliphatic hydroxyl groups is 1. The average molecular weight is 491 g/mol. The van der Waals surface area contributed by atoms with E-state index >= 15 is 0 Å². The van der Waals surface area contributed by atoms with Crippen molar-refractivity contribution < 1.29 is 19.4 Å². The van der Waals surface area contributed by atoms with E-state index in [-0.39, 0.29) is 12.7 Å². The highest BCUT2D eigenvalue weighted by atomic mass is 35.5. The number of rotatable bonds is 6. The number of benzene rings is 1. The fraction of sp³-hybridized carbons (Fsp3) is 0.429. The predicted molar refractivity (Wildman–Crippen MR) is 122 cm³/mol. The molecule has 0 unspecified atom stereocenters. The van der Waals surface area contributed by atoms with Crippen LogP contribution in [0.25, 0.3) is 11.2 Å². The zero-order chi connectivity index (χ0) is 22.9. The molecule has 5 rings (SSSR count). The summed E-state index contributed by atoms with van der Waals surface area (Å²) in [4.78, 5) is 27.5. The molecule has 0 bridgehead atoms. The van der Waals surface area contributed by atoms with Crippen molar-refractivity contribution in [3.8, 4) is 11.5 Å². The van der Waals surface area contributed by atoms with Crippen molar-refractivity contribution in [1.29, 1.82) is 0 Å². The second kappa shape index (κ2) is 9.24. The molecule has 2 aliphatic rings. The topological polar surface area (TPSA) is 129 Å². The molecule has 0 aliphatic carbocycles. The van der Waals surface area contributed by atoms with Crippen molar-refractivity contribution in [1.82, 2.24) is 24.4 Å². The van der Waals surface area contributed by atoms with E-state index in [4.69, 9.17) is 36.9 Å². The Morgan fingerprint density at radius 1 is 1.24 bits per heavy atom. The maximum absolute atomic E-state index is 11.7. The third kappa shape index (κ3) is 4.40. The molecule has 10 nitrogen and oxygen atoms in total. The summed E-state index contributed by atoms with van der Waals surface area (Å²) >= 11 is 7.91. The summed E-state index contributed by atoms with van der Waals surface area (Å²) in [5.74, 6) is 1.84. The second-order valence-corrected chi connectivity index (χ2v) is 9.40. The Bertz CT molecular complexity index is 1200. The highest BCUT2D eigenvalue weighted by molar-refractivity contribution is 7.99. The molecule has 2 aliphatic heterocycles. The Morgan fingerprint density at radius 3 is 2.76 bits per heavy atom. The van der Waals surface area contributed by atoms with E-state index in [1.54, 1.807) is 11.0 Å². The monoisotopic (exact) mass is 490 g/mol. The molecular weight excluding hydrogens is 468 g/mol. The van der Waals surface area contributed by atoms with Gasteiger partial charge in [-0.1, -0.05) is 11.6 Å². The normalized spacial score (nSPS) is 16.0. The minimum Gasteiger partial charge on any atom is -0.454 e. The molecule has 3 aromatic rings. The molecule has 0 spiro atoms. The molecule has 12 heteroatoms. The number of hydrogen-bond acceptors (Lipinski definition) is 9. The standard InChI is InChI=1S/C21H23ClN6O4S/c22-13-7-14-15(32-11-31-14)8-16(13)33-21-26-18-19(23)24-10-25-20(18)28(21)6-3-12-1-4-27(5-2-12)17(30)9-29/h7-8,10,12,29H,1-6,9,11H2,(H2,23,24,25). The molecule has 33 heavy (non-hydrogen) atoms. The van der Waals surface area contributed by atoms with E-state index in [1.807, 2.05) is 10.6 Å². The van der Waals surface area contributed by atoms with Gasteiger partial charge >= 0.3 is 0 Å². The van der Waals surface area contributed by atoms with Gasteiger partial charge in [0, 0.05) is 30.6 Å². The lowest BCUT2D eigenvalue weighted by molar-refractivity contribution is -0.135. The number of hydrogen-bond donors (Lipinski definition) is 2. The van der Waals surface area contributed by atoms with Gasteiger partial charge < -0.3 is 29.8 Å². The van der Waals surface area contributed by atoms with Gasteiger partial charge in [0.25, 0.3) is 0 Å². The first-order chi connectivity index (χ1) is 16.0. The second-order valence-electron chi connectivity index (χ2n) is 7.99. The number of likely N-dealkylation sites (tertiary alicyclic amines) is 1. The van der Waals surface area contributed by atoms with E-state index in [9.17, 15) is 4.79 Å². The molecule has 0 atom stereocenters. The van der Waals surface area contributed by atoms with Crippen LogP contribution in [0, 0.1) is 5.92 Å². The number of halogens is 1. The lowest BCUT2D eigenvalue weighted by atomic mass is 9.93. The van der Waals surface area contributed by atoms with Crippen LogP contribution in [0.4, 0.5) is 5.82 Å². The van der Waals surface area contributed by atoms with E-state index in [1.165, 1.54) is 18.1 Å². The van der Waals surface area contributed by atoms with Gasteiger partial charge in [0.1, 0.15) is 12.9 Å². The Labute approximate surface area is 199 Å². The number of anilines is 1. The van der Waals surface area contributed by atoms with Crippen LogP contribution in [0.5, 0.6) is 11.5 Å². The third-order valence-electron chi connectivity index (χ3n) is 6.02. The van der Waals surface area contributed by atoms with Crippen molar-refractivity contribution in [2.45, 2.75) is 35.9 Å². The molecule has 174 valence electrons. The number of nitrogens with zero attached hydrogens (tertiary/aromatic N) is 5. The molecule has 1 fully saturated rings. The van der Waals surface area contributed by atoms with Crippen molar-refractivity contribution in [2.75, 3.05) is 32.2 Å². The molecule has 1 amide bonds. The molecule has 1 aromatic carbocycles. The smallest absolute Gasteiger partial charge is 0.248 e. The van der Waals surface area contributed by atoms with Crippen LogP contribution in [0.3, 0.4) is 0 Å². The lowest BCUT2D eigenvalue weighted by Crippen LogP contribution is -2.40. The van der Waals surface area contributed by atoms with Crippen LogP contribution in [0.1, 0.15) is 19.3 Å². The Balaban J connectivity index is 1.38. The van der Waals surface area contributed by atoms with Gasteiger partial charge in [0.2, 0.25) is 12.7 Å². The maximum Gasteiger partial charge on any atom is 0.248 e. The Morgan fingerprint density at radius 2 is 2.00 bits per heavy atom. The number of carbonyl (C=O) groups excluding carboxylic acids is 1. The number of nitrogen functional groups attached to an aromatic ring is 1. The molecule has 1 saturated heterocycles. The van der Waals surface area contributed by atoms with Gasteiger partial charge in [-0.15, -0.1) is 0 Å². The number of piperidine rings is 1. The van der Waals surface area contributed by atoms with Crippen molar-refractivity contribution in [3.63, 3.8) is 0 Å². The third-order valence-corrected chi connectivity index (χ3v) is 7.49. The van der Waals surface area contributed by atoms with Gasteiger partial charge in [0.05, 0.1) is 5.02 Å². The summed E-state index contributed by atoms with van der Waals surface area (Å²) in [5, 5.41) is 10.3. The number of aryl methyl sites for hydroxylation is 1. The first-order valence-electron chi connectivity index (χ1n) is 10.7. The fourth-order valence-electron chi connectivity index (χ4n) is 4.17. The van der Waals surface area contributed by atoms with Crippen molar-refractivity contribution >= 4 is 46.3 Å². The predicted octanol–water partition coefficient (Wildman–Crippen LogP) is 2.56. The first-order valence-corrected chi connectivity index (χ1v) is 11.8. The van der Waals surface area contributed by atoms with E-state index < -0.39 is 6.61 Å². The molecule has 0 radical (unpaired) electrons. The molecule has 0 saturated carbocycles. The Hall–Kier alpha value is -2.76. The van der Waals surface area contributed by atoms with Crippen LogP contribution >= 0.6 is 23.4 Å². The van der Waals surface area contributed by atoms with Crippen LogP contribution < -0.4 is 15.2 Å². The van der Waals surface area contributed by atoms with Gasteiger partial charge in [-0.25, -0.2) is 15.0 Å². The van der Waals surface area contributed by atoms with Crippen LogP contribution in [-0.4, -0.2) is 61.9 Å². The number of amides is 1. The summed E-state index contributed by atoms with van der Waals surface area (Å²) in [5.41, 5.74) is 7.31. The minimum absolute atomic E-state index is 0.174. The van der Waals surface area contributed by atoms with Gasteiger partial charge in [-0.05, 0) is 43.0 Å². The van der Waals surface area contributed by atoms with Crippen LogP contribution in [0.15, 0.2) is 28.5 Å². The van der Waals surface area contributed by atoms with Crippen molar-refractivity contribution in [3.05, 3.63) is 23.5 Å². The fourth-order valence-corrected chi connectivity index (χ4v) is 5.38. The SMILES string of the molecule is Nc1ncnc2c1nc(Sc1cc3c(cc1Cl)OCO3)n2CCC1CCN(C(=O)CO)CC1. The lowest BCUT2D eigenvalue weighted by Gasteiger charge is -2.31. The number of nitrogens with two attached hydrogens (primary N) is 1.